The highest BCUT2D eigenvalue weighted by molar-refractivity contribution is 5.69. The van der Waals surface area contributed by atoms with Gasteiger partial charge in [-0.2, -0.15) is 10.2 Å². The summed E-state index contributed by atoms with van der Waals surface area (Å²) in [7, 11) is 0. The highest BCUT2D eigenvalue weighted by Crippen LogP contribution is 2.18. The smallest absolute Gasteiger partial charge is 0.221 e. The van der Waals surface area contributed by atoms with Crippen LogP contribution in [0.1, 0.15) is 5.69 Å². The molecule has 0 saturated carbocycles. The second kappa shape index (κ2) is 6.25. The molecular formula is C17H15N9O. The molecule has 0 aliphatic heterocycles. The molecule has 5 heterocycles. The third kappa shape index (κ3) is 2.81. The van der Waals surface area contributed by atoms with Crippen LogP contribution in [-0.2, 0) is 13.1 Å². The first kappa shape index (κ1) is 15.6. The fourth-order valence-electron chi connectivity index (χ4n) is 2.92. The molecule has 5 rings (SSSR count). The molecular weight excluding hydrogens is 346 g/mol. The average Bonchev–Trinajstić information content (AvgIpc) is 3.41. The monoisotopic (exact) mass is 361 g/mol. The highest BCUT2D eigenvalue weighted by Gasteiger charge is 2.12. The summed E-state index contributed by atoms with van der Waals surface area (Å²) in [4.78, 5) is 9.00. The minimum atomic E-state index is 0.0290. The second-order valence-electron chi connectivity index (χ2n) is 6.07. The van der Waals surface area contributed by atoms with Crippen molar-refractivity contribution >= 4 is 16.8 Å². The van der Waals surface area contributed by atoms with E-state index in [0.717, 1.165) is 16.8 Å². The molecule has 5 aromatic heterocycles. The number of hydrogen-bond acceptors (Lipinski definition) is 7. The summed E-state index contributed by atoms with van der Waals surface area (Å²) < 4.78 is 5.16. The first-order valence-corrected chi connectivity index (χ1v) is 8.43. The van der Waals surface area contributed by atoms with Crippen molar-refractivity contribution in [1.29, 1.82) is 0 Å². The Morgan fingerprint density at radius 2 is 2.07 bits per heavy atom. The molecule has 0 radical (unpaired) electrons. The minimum Gasteiger partial charge on any atom is -0.394 e. The lowest BCUT2D eigenvalue weighted by Gasteiger charge is -2.03. The molecule has 0 fully saturated rings. The topological polar surface area (TPSA) is 112 Å². The van der Waals surface area contributed by atoms with Gasteiger partial charge in [0, 0.05) is 18.0 Å². The Kier molecular flexibility index (Phi) is 3.61. The van der Waals surface area contributed by atoms with Crippen LogP contribution in [0.5, 0.6) is 0 Å². The van der Waals surface area contributed by atoms with Crippen LogP contribution in [0, 0.1) is 0 Å². The second-order valence-corrected chi connectivity index (χ2v) is 6.07. The molecule has 5 aromatic rings. The molecule has 0 aliphatic rings. The number of rotatable bonds is 5. The van der Waals surface area contributed by atoms with E-state index in [2.05, 4.69) is 30.5 Å². The van der Waals surface area contributed by atoms with Gasteiger partial charge < -0.3 is 5.11 Å². The van der Waals surface area contributed by atoms with Gasteiger partial charge in [-0.3, -0.25) is 4.68 Å². The van der Waals surface area contributed by atoms with Gasteiger partial charge in [0.05, 0.1) is 49.0 Å². The maximum atomic E-state index is 9.03. The largest absolute Gasteiger partial charge is 0.394 e. The van der Waals surface area contributed by atoms with E-state index in [1.807, 2.05) is 41.2 Å². The first-order valence-electron chi connectivity index (χ1n) is 8.43. The Bertz CT molecular complexity index is 1240. The predicted octanol–water partition coefficient (Wildman–Crippen LogP) is 0.773. The van der Waals surface area contributed by atoms with E-state index in [9.17, 15) is 0 Å². The van der Waals surface area contributed by atoms with Crippen molar-refractivity contribution in [3.8, 4) is 11.3 Å². The molecule has 134 valence electrons. The Hall–Kier alpha value is -3.66. The molecule has 10 nitrogen and oxygen atoms in total. The van der Waals surface area contributed by atoms with Crippen molar-refractivity contribution in [2.24, 2.45) is 0 Å². The van der Waals surface area contributed by atoms with Crippen LogP contribution in [0.4, 0.5) is 0 Å². The molecule has 0 atom stereocenters. The first-order chi connectivity index (χ1) is 13.3. The van der Waals surface area contributed by atoms with Crippen LogP contribution in [-0.4, -0.2) is 56.1 Å². The molecule has 1 N–H and O–H groups in total. The maximum absolute atomic E-state index is 9.03. The number of aliphatic hydroxyl groups is 1. The van der Waals surface area contributed by atoms with Crippen LogP contribution in [0.15, 0.2) is 49.1 Å². The molecule has 0 bridgehead atoms. The normalized spacial score (nSPS) is 11.6. The summed E-state index contributed by atoms with van der Waals surface area (Å²) in [6.07, 6.45) is 7.06. The van der Waals surface area contributed by atoms with Gasteiger partial charge in [-0.25, -0.2) is 19.2 Å². The predicted molar refractivity (Wildman–Crippen MR) is 95.7 cm³/mol. The third-order valence-corrected chi connectivity index (χ3v) is 4.24. The summed E-state index contributed by atoms with van der Waals surface area (Å²) >= 11 is 0. The van der Waals surface area contributed by atoms with Crippen molar-refractivity contribution < 1.29 is 5.11 Å². The lowest BCUT2D eigenvalue weighted by atomic mass is 10.3. The highest BCUT2D eigenvalue weighted by atomic mass is 16.3. The summed E-state index contributed by atoms with van der Waals surface area (Å²) in [5.74, 6) is 0. The average molecular weight is 361 g/mol. The lowest BCUT2D eigenvalue weighted by molar-refractivity contribution is 0.269. The van der Waals surface area contributed by atoms with Gasteiger partial charge in [0.2, 0.25) is 5.65 Å². The van der Waals surface area contributed by atoms with Crippen LogP contribution in [0.3, 0.4) is 0 Å². The maximum Gasteiger partial charge on any atom is 0.221 e. The molecule has 0 spiro atoms. The van der Waals surface area contributed by atoms with E-state index >= 15 is 0 Å². The quantitative estimate of drug-likeness (QED) is 0.492. The molecule has 10 heteroatoms. The molecule has 27 heavy (non-hydrogen) atoms. The summed E-state index contributed by atoms with van der Waals surface area (Å²) in [6, 6.07) is 7.91. The zero-order chi connectivity index (χ0) is 18.2. The van der Waals surface area contributed by atoms with Gasteiger partial charge >= 0.3 is 0 Å². The standard InChI is InChI=1S/C17H15N9O/c27-7-6-24-10-12(8-19-24)15-9-18-16-17(20-15)26(23-21-16)11-13-3-4-14-2-1-5-25(14)22-13/h1-5,8-10,27H,6-7,11H2. The molecule has 0 aliphatic carbocycles. The Morgan fingerprint density at radius 3 is 3.00 bits per heavy atom. The van der Waals surface area contributed by atoms with Gasteiger partial charge in [-0.1, -0.05) is 5.21 Å². The summed E-state index contributed by atoms with van der Waals surface area (Å²) in [5, 5.41) is 26.0. The van der Waals surface area contributed by atoms with Crippen LogP contribution in [0.25, 0.3) is 28.1 Å². The summed E-state index contributed by atoms with van der Waals surface area (Å²) in [6.45, 7) is 0.899. The Balaban J connectivity index is 1.50. The fraction of sp³-hybridized carbons (Fsp3) is 0.176. The Labute approximate surface area is 152 Å². The molecule has 0 amide bonds. The van der Waals surface area contributed by atoms with E-state index in [1.54, 1.807) is 21.8 Å². The molecule has 0 saturated heterocycles. The SMILES string of the molecule is OCCn1cc(-c2cnc3nnn(Cc4ccc5cccn5n4)c3n2)cn1. The van der Waals surface area contributed by atoms with Crippen molar-refractivity contribution in [1.82, 2.24) is 44.4 Å². The zero-order valence-electron chi connectivity index (χ0n) is 14.2. The number of fused-ring (bicyclic) bond motifs is 2. The third-order valence-electron chi connectivity index (χ3n) is 4.24. The van der Waals surface area contributed by atoms with Crippen LogP contribution >= 0.6 is 0 Å². The van der Waals surface area contributed by atoms with E-state index < -0.39 is 0 Å². The van der Waals surface area contributed by atoms with E-state index in [4.69, 9.17) is 5.11 Å². The Morgan fingerprint density at radius 1 is 1.11 bits per heavy atom. The van der Waals surface area contributed by atoms with Crippen molar-refractivity contribution in [2.75, 3.05) is 6.61 Å². The fourth-order valence-corrected chi connectivity index (χ4v) is 2.92. The van der Waals surface area contributed by atoms with Crippen molar-refractivity contribution in [2.45, 2.75) is 13.1 Å². The molecule has 0 aromatic carbocycles. The molecule has 0 unspecified atom stereocenters. The van der Waals surface area contributed by atoms with Crippen LogP contribution < -0.4 is 0 Å². The number of nitrogens with zero attached hydrogens (tertiary/aromatic N) is 9. The van der Waals surface area contributed by atoms with E-state index in [1.165, 1.54) is 0 Å². The van der Waals surface area contributed by atoms with Gasteiger partial charge in [0.1, 0.15) is 0 Å². The van der Waals surface area contributed by atoms with E-state index in [0.29, 0.717) is 30.1 Å². The van der Waals surface area contributed by atoms with Crippen molar-refractivity contribution in [3.63, 3.8) is 0 Å². The number of hydrogen-bond donors (Lipinski definition) is 1. The van der Waals surface area contributed by atoms with E-state index in [-0.39, 0.29) is 6.61 Å². The minimum absolute atomic E-state index is 0.0290. The lowest BCUT2D eigenvalue weighted by Crippen LogP contribution is -2.07. The zero-order valence-corrected chi connectivity index (χ0v) is 14.2. The number of aromatic nitrogens is 9. The number of aliphatic hydroxyl groups excluding tert-OH is 1. The van der Waals surface area contributed by atoms with Gasteiger partial charge in [-0.05, 0) is 24.3 Å². The van der Waals surface area contributed by atoms with Gasteiger partial charge in [0.15, 0.2) is 5.65 Å². The van der Waals surface area contributed by atoms with Crippen molar-refractivity contribution in [3.05, 3.63) is 54.7 Å². The summed E-state index contributed by atoms with van der Waals surface area (Å²) in [5.41, 5.74) is 4.42. The van der Waals surface area contributed by atoms with Gasteiger partial charge in [0.25, 0.3) is 0 Å². The van der Waals surface area contributed by atoms with Gasteiger partial charge in [-0.15, -0.1) is 5.10 Å². The van der Waals surface area contributed by atoms with Crippen LogP contribution in [0.2, 0.25) is 0 Å².